The van der Waals surface area contributed by atoms with Crippen molar-refractivity contribution in [1.82, 2.24) is 4.90 Å². The summed E-state index contributed by atoms with van der Waals surface area (Å²) in [6.07, 6.45) is 0.231. The average molecular weight is 395 g/mol. The Balaban J connectivity index is 2.06. The number of hydrogen-bond acceptors (Lipinski definition) is 5. The van der Waals surface area contributed by atoms with Gasteiger partial charge in [0.1, 0.15) is 17.5 Å². The van der Waals surface area contributed by atoms with E-state index in [0.29, 0.717) is 25.3 Å². The Bertz CT molecular complexity index is 709. The number of nitrogens with zero attached hydrogens (tertiary/aromatic N) is 2. The van der Waals surface area contributed by atoms with Gasteiger partial charge in [-0.05, 0) is 38.9 Å². The van der Waals surface area contributed by atoms with Crippen molar-refractivity contribution in [3.63, 3.8) is 0 Å². The summed E-state index contributed by atoms with van der Waals surface area (Å²) in [6.45, 7) is 13.1. The fourth-order valence-corrected chi connectivity index (χ4v) is 4.46. The molecule has 1 atom stereocenters. The number of hydrogen-bond donors (Lipinski definition) is 0. The van der Waals surface area contributed by atoms with Gasteiger partial charge in [0.05, 0.1) is 11.5 Å². The molecule has 2 rings (SSSR count). The van der Waals surface area contributed by atoms with Crippen LogP contribution in [-0.2, 0) is 10.8 Å². The lowest BCUT2D eigenvalue weighted by Gasteiger charge is -2.24. The number of nitro groups is 1. The highest BCUT2D eigenvalue weighted by molar-refractivity contribution is 6.75. The van der Waals surface area contributed by atoms with Crippen molar-refractivity contribution in [2.24, 2.45) is 0 Å². The van der Waals surface area contributed by atoms with Crippen LogP contribution in [0.4, 0.5) is 10.5 Å². The number of amides is 1. The Kier molecular flexibility index (Phi) is 6.19. The van der Waals surface area contributed by atoms with Gasteiger partial charge in [-0.1, -0.05) is 19.6 Å². The van der Waals surface area contributed by atoms with E-state index in [4.69, 9.17) is 9.47 Å². The zero-order chi connectivity index (χ0) is 20.4. The topological polar surface area (TPSA) is 81.9 Å². The molecule has 0 saturated carbocycles. The van der Waals surface area contributed by atoms with Crippen LogP contribution in [0.1, 0.15) is 32.8 Å². The van der Waals surface area contributed by atoms with Crippen LogP contribution in [0.25, 0.3) is 0 Å². The Morgan fingerprint density at radius 2 is 2.00 bits per heavy atom. The molecule has 0 radical (unpaired) electrons. The van der Waals surface area contributed by atoms with Gasteiger partial charge < -0.3 is 14.4 Å². The third-order valence-corrected chi connectivity index (χ3v) is 5.51. The van der Waals surface area contributed by atoms with Gasteiger partial charge >= 0.3 is 6.09 Å². The molecule has 1 saturated heterocycles. The van der Waals surface area contributed by atoms with Crippen LogP contribution in [0.2, 0.25) is 19.6 Å². The summed E-state index contributed by atoms with van der Waals surface area (Å²) in [7, 11) is -1.52. The lowest BCUT2D eigenvalue weighted by atomic mass is 10.2. The first-order valence-electron chi connectivity index (χ1n) is 9.26. The summed E-state index contributed by atoms with van der Waals surface area (Å²) in [5.74, 6) is 0.616. The number of carbonyl (C=O) groups is 1. The lowest BCUT2D eigenvalue weighted by Crippen LogP contribution is -2.36. The van der Waals surface area contributed by atoms with Gasteiger partial charge in [-0.15, -0.1) is 0 Å². The minimum absolute atomic E-state index is 0.140. The highest BCUT2D eigenvalue weighted by atomic mass is 28.3. The van der Waals surface area contributed by atoms with E-state index in [0.717, 1.165) is 11.6 Å². The van der Waals surface area contributed by atoms with E-state index in [-0.39, 0.29) is 22.8 Å². The molecule has 150 valence electrons. The predicted octanol–water partition coefficient (Wildman–Crippen LogP) is 4.40. The van der Waals surface area contributed by atoms with E-state index >= 15 is 0 Å². The van der Waals surface area contributed by atoms with Gasteiger partial charge in [0.25, 0.3) is 5.69 Å². The molecule has 0 aromatic heterocycles. The van der Waals surface area contributed by atoms with Gasteiger partial charge in [0.2, 0.25) is 0 Å². The largest absolute Gasteiger partial charge is 0.488 e. The number of likely N-dealkylation sites (tertiary alicyclic amines) is 1. The van der Waals surface area contributed by atoms with E-state index in [2.05, 4.69) is 19.6 Å². The minimum atomic E-state index is -1.52. The molecule has 0 bridgehead atoms. The number of nitro benzene ring substituents is 1. The summed E-state index contributed by atoms with van der Waals surface area (Å²) in [5, 5.41) is 11.3. The quantitative estimate of drug-likeness (QED) is 0.420. The molecule has 0 aliphatic carbocycles. The molecular formula is C19H30N2O5Si. The lowest BCUT2D eigenvalue weighted by molar-refractivity contribution is -0.385. The fraction of sp³-hybridized carbons (Fsp3) is 0.632. The summed E-state index contributed by atoms with van der Waals surface area (Å²) in [5.41, 5.74) is 0.338. The van der Waals surface area contributed by atoms with Crippen LogP contribution < -0.4 is 4.74 Å². The van der Waals surface area contributed by atoms with Crippen LogP contribution in [0.5, 0.6) is 5.75 Å². The monoisotopic (exact) mass is 394 g/mol. The van der Waals surface area contributed by atoms with Gasteiger partial charge in [0.15, 0.2) is 0 Å². The van der Waals surface area contributed by atoms with E-state index in [9.17, 15) is 14.9 Å². The zero-order valence-electron chi connectivity index (χ0n) is 17.1. The SMILES string of the molecule is CC(C)(C)OC(=O)N1CCC(Oc2ccc([N+](=O)[O-])c(C[Si](C)(C)C)c2)C1. The Morgan fingerprint density at radius 3 is 2.56 bits per heavy atom. The third-order valence-electron chi connectivity index (χ3n) is 4.07. The summed E-state index contributed by atoms with van der Waals surface area (Å²) >= 11 is 0. The van der Waals surface area contributed by atoms with E-state index in [1.165, 1.54) is 6.07 Å². The molecule has 1 amide bonds. The average Bonchev–Trinajstić information content (AvgIpc) is 2.92. The smallest absolute Gasteiger partial charge is 0.410 e. The van der Waals surface area contributed by atoms with Crippen molar-refractivity contribution in [2.45, 2.75) is 64.6 Å². The Hall–Kier alpha value is -2.09. The standard InChI is InChI=1S/C19H30N2O5Si/c1-19(2,3)26-18(22)20-10-9-16(12-20)25-15-7-8-17(21(23)24)14(11-15)13-27(4,5)6/h7-8,11,16H,9-10,12-13H2,1-6H3. The van der Waals surface area contributed by atoms with Gasteiger partial charge in [-0.3, -0.25) is 10.1 Å². The molecule has 0 spiro atoms. The minimum Gasteiger partial charge on any atom is -0.488 e. The van der Waals surface area contributed by atoms with Crippen LogP contribution in [-0.4, -0.2) is 48.8 Å². The van der Waals surface area contributed by atoms with Crippen LogP contribution in [0.3, 0.4) is 0 Å². The highest BCUT2D eigenvalue weighted by Gasteiger charge is 2.31. The molecule has 1 aliphatic heterocycles. The van der Waals surface area contributed by atoms with Crippen LogP contribution in [0, 0.1) is 10.1 Å². The van der Waals surface area contributed by atoms with Crippen molar-refractivity contribution in [3.05, 3.63) is 33.9 Å². The predicted molar refractivity (Wildman–Crippen MR) is 107 cm³/mol. The second-order valence-electron chi connectivity index (χ2n) is 9.24. The fourth-order valence-electron chi connectivity index (χ4n) is 3.04. The van der Waals surface area contributed by atoms with E-state index in [1.54, 1.807) is 17.0 Å². The second kappa shape index (κ2) is 7.88. The third kappa shape index (κ3) is 6.53. The maximum atomic E-state index is 12.2. The van der Waals surface area contributed by atoms with Gasteiger partial charge in [-0.25, -0.2) is 4.79 Å². The molecule has 1 heterocycles. The van der Waals surface area contributed by atoms with Crippen molar-refractivity contribution < 1.29 is 19.2 Å². The molecule has 27 heavy (non-hydrogen) atoms. The first-order chi connectivity index (χ1) is 12.3. The highest BCUT2D eigenvalue weighted by Crippen LogP contribution is 2.29. The molecule has 1 unspecified atom stereocenters. The van der Waals surface area contributed by atoms with Gasteiger partial charge in [0, 0.05) is 32.7 Å². The molecule has 7 nitrogen and oxygen atoms in total. The molecule has 1 aromatic rings. The molecule has 1 aliphatic rings. The van der Waals surface area contributed by atoms with Crippen molar-refractivity contribution in [3.8, 4) is 5.75 Å². The van der Waals surface area contributed by atoms with Gasteiger partial charge in [-0.2, -0.15) is 0 Å². The van der Waals surface area contributed by atoms with E-state index in [1.807, 2.05) is 20.8 Å². The number of rotatable bonds is 5. The molecule has 0 N–H and O–H groups in total. The van der Waals surface area contributed by atoms with Crippen molar-refractivity contribution in [1.29, 1.82) is 0 Å². The summed E-state index contributed by atoms with van der Waals surface area (Å²) < 4.78 is 11.4. The molecular weight excluding hydrogens is 364 g/mol. The Morgan fingerprint density at radius 1 is 1.33 bits per heavy atom. The number of benzene rings is 1. The number of carbonyl (C=O) groups excluding carboxylic acids is 1. The second-order valence-corrected chi connectivity index (χ2v) is 14.7. The first-order valence-corrected chi connectivity index (χ1v) is 13.0. The van der Waals surface area contributed by atoms with Crippen LogP contribution in [0.15, 0.2) is 18.2 Å². The molecule has 8 heteroatoms. The normalized spacial score (nSPS) is 17.7. The first kappa shape index (κ1) is 21.2. The van der Waals surface area contributed by atoms with E-state index < -0.39 is 13.7 Å². The maximum absolute atomic E-state index is 12.2. The number of ether oxygens (including phenoxy) is 2. The van der Waals surface area contributed by atoms with Crippen LogP contribution >= 0.6 is 0 Å². The molecule has 1 fully saturated rings. The molecule has 1 aromatic carbocycles. The van der Waals surface area contributed by atoms with Crippen molar-refractivity contribution in [2.75, 3.05) is 13.1 Å². The zero-order valence-corrected chi connectivity index (χ0v) is 18.1. The maximum Gasteiger partial charge on any atom is 0.410 e. The Labute approximate surface area is 161 Å². The van der Waals surface area contributed by atoms with Crippen molar-refractivity contribution >= 4 is 19.9 Å². The summed E-state index contributed by atoms with van der Waals surface area (Å²) in [6, 6.07) is 5.66. The summed E-state index contributed by atoms with van der Waals surface area (Å²) in [4.78, 5) is 24.8.